The van der Waals surface area contributed by atoms with Gasteiger partial charge < -0.3 is 4.90 Å². The van der Waals surface area contributed by atoms with Crippen LogP contribution >= 0.6 is 0 Å². The van der Waals surface area contributed by atoms with Gasteiger partial charge in [0.1, 0.15) is 0 Å². The third-order valence-electron chi connectivity index (χ3n) is 13.1. The van der Waals surface area contributed by atoms with Crippen molar-refractivity contribution >= 4 is 38.6 Å². The summed E-state index contributed by atoms with van der Waals surface area (Å²) in [6, 6.07) is 70.8. The van der Waals surface area contributed by atoms with E-state index in [0.29, 0.717) is 0 Å². The van der Waals surface area contributed by atoms with Gasteiger partial charge in [0.05, 0.1) is 11.1 Å². The highest BCUT2D eigenvalue weighted by molar-refractivity contribution is 6.15. The minimum atomic E-state index is -0.423. The van der Waals surface area contributed by atoms with Crippen LogP contribution in [0, 0.1) is 0 Å². The van der Waals surface area contributed by atoms with E-state index in [9.17, 15) is 0 Å². The Balaban J connectivity index is 1.18. The predicted octanol–water partition coefficient (Wildman–Crippen LogP) is 14.1. The molecule has 9 aromatic carbocycles. The fraction of sp³-hybridized carbons (Fsp3) is 0.0741. The lowest BCUT2D eigenvalue weighted by Gasteiger charge is -2.33. The van der Waals surface area contributed by atoms with Gasteiger partial charge in [0, 0.05) is 22.2 Å². The summed E-state index contributed by atoms with van der Waals surface area (Å²) in [5.74, 6) is 0. The van der Waals surface area contributed by atoms with Crippen LogP contribution < -0.4 is 4.90 Å². The van der Waals surface area contributed by atoms with E-state index in [0.717, 1.165) is 11.4 Å². The monoisotopic (exact) mass is 699 g/mol. The first-order valence-electron chi connectivity index (χ1n) is 19.4. The Morgan fingerprint density at radius 3 is 1.44 bits per heavy atom. The molecule has 0 aromatic heterocycles. The molecule has 0 radical (unpaired) electrons. The van der Waals surface area contributed by atoms with Crippen molar-refractivity contribution in [1.82, 2.24) is 0 Å². The van der Waals surface area contributed by atoms with E-state index >= 15 is 0 Å². The molecular formula is C54H37N. The fourth-order valence-electron chi connectivity index (χ4n) is 10.7. The van der Waals surface area contributed by atoms with Gasteiger partial charge in [-0.25, -0.2) is 0 Å². The number of nitrogens with zero attached hydrogens (tertiary/aromatic N) is 1. The molecule has 9 aromatic rings. The number of rotatable bonds is 3. The average molecular weight is 700 g/mol. The zero-order chi connectivity index (χ0) is 36.5. The second-order valence-corrected chi connectivity index (χ2v) is 16.0. The standard InChI is InChI=1S/C54H37N/c1-53(2)46-23-11-7-21-42(46)45-32-35(28-30-47(45)53)55(52-31-34-15-3-4-16-37(34)38-17-5-6-22-44(38)52)36-27-29-43-41-20-10-14-26-50(41)54(51(43)33-36)48-24-12-8-18-39(48)40-19-9-13-25-49(40)54/h3-33H,1-2H3. The molecule has 3 aliphatic carbocycles. The van der Waals surface area contributed by atoms with Crippen LogP contribution in [0.25, 0.3) is 54.9 Å². The Labute approximate surface area is 321 Å². The summed E-state index contributed by atoms with van der Waals surface area (Å²) in [6.45, 7) is 4.72. The summed E-state index contributed by atoms with van der Waals surface area (Å²) in [5, 5.41) is 5.00. The zero-order valence-electron chi connectivity index (χ0n) is 30.8. The molecule has 0 fully saturated rings. The van der Waals surface area contributed by atoms with E-state index in [-0.39, 0.29) is 5.41 Å². The summed E-state index contributed by atoms with van der Waals surface area (Å²) in [5.41, 5.74) is 19.1. The minimum Gasteiger partial charge on any atom is -0.310 e. The molecule has 0 heterocycles. The molecule has 1 heteroatoms. The largest absolute Gasteiger partial charge is 0.310 e. The van der Waals surface area contributed by atoms with E-state index in [2.05, 4.69) is 207 Å². The van der Waals surface area contributed by atoms with Gasteiger partial charge in [-0.1, -0.05) is 172 Å². The number of hydrogen-bond donors (Lipinski definition) is 0. The highest BCUT2D eigenvalue weighted by Crippen LogP contribution is 2.63. The molecule has 12 rings (SSSR count). The van der Waals surface area contributed by atoms with E-state index in [1.165, 1.54) is 94.0 Å². The van der Waals surface area contributed by atoms with Crippen molar-refractivity contribution < 1.29 is 0 Å². The first-order chi connectivity index (χ1) is 27.0. The summed E-state index contributed by atoms with van der Waals surface area (Å²) < 4.78 is 0. The summed E-state index contributed by atoms with van der Waals surface area (Å²) >= 11 is 0. The Morgan fingerprint density at radius 2 is 0.782 bits per heavy atom. The molecule has 0 saturated heterocycles. The smallest absolute Gasteiger partial charge is 0.0726 e. The molecule has 0 atom stereocenters. The number of hydrogen-bond acceptors (Lipinski definition) is 1. The maximum atomic E-state index is 2.53. The highest BCUT2D eigenvalue weighted by atomic mass is 15.1. The van der Waals surface area contributed by atoms with Gasteiger partial charge in [0.2, 0.25) is 0 Å². The van der Waals surface area contributed by atoms with Crippen molar-refractivity contribution in [3.8, 4) is 33.4 Å². The van der Waals surface area contributed by atoms with Crippen LogP contribution in [-0.4, -0.2) is 0 Å². The average Bonchev–Trinajstić information content (AvgIpc) is 3.79. The lowest BCUT2D eigenvalue weighted by Crippen LogP contribution is -2.26. The zero-order valence-corrected chi connectivity index (χ0v) is 30.8. The molecule has 0 unspecified atom stereocenters. The van der Waals surface area contributed by atoms with Gasteiger partial charge in [-0.15, -0.1) is 0 Å². The summed E-state index contributed by atoms with van der Waals surface area (Å²) in [7, 11) is 0. The van der Waals surface area contributed by atoms with Crippen molar-refractivity contribution in [2.75, 3.05) is 4.90 Å². The van der Waals surface area contributed by atoms with Gasteiger partial charge >= 0.3 is 0 Å². The van der Waals surface area contributed by atoms with Crippen LogP contribution in [0.3, 0.4) is 0 Å². The normalized spacial score (nSPS) is 14.7. The molecule has 3 aliphatic rings. The van der Waals surface area contributed by atoms with Crippen molar-refractivity contribution in [3.63, 3.8) is 0 Å². The van der Waals surface area contributed by atoms with Crippen molar-refractivity contribution in [3.05, 3.63) is 221 Å². The van der Waals surface area contributed by atoms with Crippen LogP contribution in [-0.2, 0) is 10.8 Å². The molecule has 1 nitrogen and oxygen atoms in total. The maximum Gasteiger partial charge on any atom is 0.0726 e. The molecular weight excluding hydrogens is 663 g/mol. The van der Waals surface area contributed by atoms with E-state index < -0.39 is 5.41 Å². The lowest BCUT2D eigenvalue weighted by atomic mass is 9.70. The van der Waals surface area contributed by atoms with Crippen LogP contribution in [0.15, 0.2) is 188 Å². The molecule has 0 saturated carbocycles. The summed E-state index contributed by atoms with van der Waals surface area (Å²) in [6.07, 6.45) is 0. The Hall–Kier alpha value is -6.70. The van der Waals surface area contributed by atoms with Crippen LogP contribution in [0.1, 0.15) is 47.2 Å². The number of anilines is 3. The minimum absolute atomic E-state index is 0.0695. The molecule has 1 spiro atoms. The van der Waals surface area contributed by atoms with Crippen LogP contribution in [0.5, 0.6) is 0 Å². The number of benzene rings is 9. The SMILES string of the molecule is CC1(C)c2ccccc2-c2cc(N(c3ccc4c(c3)C3(c5ccccc5-c5ccccc53)c3ccccc3-4)c3cc4ccccc4c4ccccc34)ccc21. The third kappa shape index (κ3) is 3.92. The Bertz CT molecular complexity index is 3030. The second-order valence-electron chi connectivity index (χ2n) is 16.0. The van der Waals surface area contributed by atoms with Crippen LogP contribution in [0.2, 0.25) is 0 Å². The van der Waals surface area contributed by atoms with Gasteiger partial charge in [-0.2, -0.15) is 0 Å². The van der Waals surface area contributed by atoms with Gasteiger partial charge in [0.15, 0.2) is 0 Å². The Morgan fingerprint density at radius 1 is 0.327 bits per heavy atom. The third-order valence-corrected chi connectivity index (χ3v) is 13.1. The molecule has 0 bridgehead atoms. The second kappa shape index (κ2) is 10.9. The van der Waals surface area contributed by atoms with Crippen molar-refractivity contribution in [2.24, 2.45) is 0 Å². The molecule has 258 valence electrons. The van der Waals surface area contributed by atoms with Crippen molar-refractivity contribution in [2.45, 2.75) is 24.7 Å². The maximum absolute atomic E-state index is 2.53. The van der Waals surface area contributed by atoms with E-state index in [1.807, 2.05) is 0 Å². The molecule has 0 amide bonds. The molecule has 0 aliphatic heterocycles. The van der Waals surface area contributed by atoms with E-state index in [1.54, 1.807) is 0 Å². The van der Waals surface area contributed by atoms with Crippen molar-refractivity contribution in [1.29, 1.82) is 0 Å². The summed E-state index contributed by atoms with van der Waals surface area (Å²) in [4.78, 5) is 2.53. The first kappa shape index (κ1) is 30.7. The molecule has 55 heavy (non-hydrogen) atoms. The predicted molar refractivity (Wildman–Crippen MR) is 230 cm³/mol. The number of fused-ring (bicyclic) bond motifs is 16. The van der Waals surface area contributed by atoms with Crippen LogP contribution in [0.4, 0.5) is 17.1 Å². The quantitative estimate of drug-likeness (QED) is 0.166. The van der Waals surface area contributed by atoms with Gasteiger partial charge in [-0.3, -0.25) is 0 Å². The Kier molecular flexibility index (Phi) is 6.11. The van der Waals surface area contributed by atoms with E-state index in [4.69, 9.17) is 0 Å². The topological polar surface area (TPSA) is 3.24 Å². The molecule has 0 N–H and O–H groups in total. The highest BCUT2D eigenvalue weighted by Gasteiger charge is 2.51. The van der Waals surface area contributed by atoms with Gasteiger partial charge in [0.25, 0.3) is 0 Å². The first-order valence-corrected chi connectivity index (χ1v) is 19.4. The lowest BCUT2D eigenvalue weighted by molar-refractivity contribution is 0.660. The fourth-order valence-corrected chi connectivity index (χ4v) is 10.7. The van der Waals surface area contributed by atoms with Gasteiger partial charge in [-0.05, 0) is 113 Å².